The van der Waals surface area contributed by atoms with Crippen LogP contribution >= 0.6 is 11.6 Å². The number of halogens is 1. The van der Waals surface area contributed by atoms with Gasteiger partial charge in [0.1, 0.15) is 11.6 Å². The maximum atomic E-state index is 10.8. The van der Waals surface area contributed by atoms with E-state index in [1.54, 1.807) is 30.3 Å². The van der Waals surface area contributed by atoms with Gasteiger partial charge in [0, 0.05) is 0 Å². The largest absolute Gasteiger partial charge is 0.397 e. The van der Waals surface area contributed by atoms with Crippen LogP contribution in [0.3, 0.4) is 0 Å². The van der Waals surface area contributed by atoms with Crippen LogP contribution in [0.4, 0.5) is 0 Å². The Kier molecular flexibility index (Phi) is 3.27. The summed E-state index contributed by atoms with van der Waals surface area (Å²) < 4.78 is 0. The highest BCUT2D eigenvalue weighted by Crippen LogP contribution is 2.14. The molecule has 0 saturated carbocycles. The summed E-state index contributed by atoms with van der Waals surface area (Å²) in [6.45, 7) is 0. The Morgan fingerprint density at radius 3 is 2.36 bits per heavy atom. The van der Waals surface area contributed by atoms with Gasteiger partial charge in [0.15, 0.2) is 0 Å². The molecular weight excluding hydrogens is 200 g/mol. The number of benzene rings is 1. The van der Waals surface area contributed by atoms with Crippen molar-refractivity contribution in [3.8, 4) is 6.07 Å². The van der Waals surface area contributed by atoms with Crippen LogP contribution in [0, 0.1) is 11.3 Å². The van der Waals surface area contributed by atoms with Crippen molar-refractivity contribution in [2.24, 2.45) is 5.73 Å². The molecule has 1 aromatic rings. The third kappa shape index (κ3) is 2.12. The average Bonchev–Trinajstić information content (AvgIpc) is 2.19. The third-order valence-electron chi connectivity index (χ3n) is 1.66. The number of hydrogen-bond donors (Lipinski definition) is 1. The van der Waals surface area contributed by atoms with Crippen molar-refractivity contribution in [3.05, 3.63) is 41.5 Å². The molecule has 0 atom stereocenters. The number of carbonyl (C=O) groups is 1. The summed E-state index contributed by atoms with van der Waals surface area (Å²) in [6, 6.07) is 10.4. The molecule has 1 rings (SSSR count). The van der Waals surface area contributed by atoms with E-state index >= 15 is 0 Å². The zero-order valence-corrected chi connectivity index (χ0v) is 7.95. The fourth-order valence-corrected chi connectivity index (χ4v) is 1.12. The van der Waals surface area contributed by atoms with Crippen molar-refractivity contribution in [1.82, 2.24) is 0 Å². The molecule has 70 valence electrons. The van der Waals surface area contributed by atoms with E-state index in [1.165, 1.54) is 0 Å². The lowest BCUT2D eigenvalue weighted by molar-refractivity contribution is -0.108. The number of nitriles is 1. The second-order valence-corrected chi connectivity index (χ2v) is 2.88. The van der Waals surface area contributed by atoms with Gasteiger partial charge < -0.3 is 5.73 Å². The molecule has 14 heavy (non-hydrogen) atoms. The molecule has 0 aliphatic carbocycles. The Labute approximate surface area is 86.4 Å². The Morgan fingerprint density at radius 2 is 1.93 bits per heavy atom. The van der Waals surface area contributed by atoms with Crippen molar-refractivity contribution in [2.75, 3.05) is 0 Å². The fraction of sp³-hybridized carbons (Fsp3) is 0. The summed E-state index contributed by atoms with van der Waals surface area (Å²) in [6.07, 6.45) is 0. The van der Waals surface area contributed by atoms with Crippen LogP contribution in [0.5, 0.6) is 0 Å². The molecule has 0 amide bonds. The van der Waals surface area contributed by atoms with Crippen LogP contribution < -0.4 is 5.73 Å². The number of nitrogens with zero attached hydrogens (tertiary/aromatic N) is 1. The fourth-order valence-electron chi connectivity index (χ4n) is 0.972. The minimum absolute atomic E-state index is 0.105. The zero-order chi connectivity index (χ0) is 10.6. The van der Waals surface area contributed by atoms with Crippen LogP contribution in [0.15, 0.2) is 35.9 Å². The van der Waals surface area contributed by atoms with Gasteiger partial charge in [-0.2, -0.15) is 5.26 Å². The van der Waals surface area contributed by atoms with Gasteiger partial charge in [-0.3, -0.25) is 4.79 Å². The van der Waals surface area contributed by atoms with Crippen LogP contribution in [0.1, 0.15) is 5.56 Å². The Bertz CT molecular complexity index is 417. The predicted octanol–water partition coefficient (Wildman–Crippen LogP) is 1.65. The van der Waals surface area contributed by atoms with Gasteiger partial charge in [0.25, 0.3) is 5.24 Å². The first-order chi connectivity index (χ1) is 6.66. The van der Waals surface area contributed by atoms with E-state index in [0.29, 0.717) is 5.56 Å². The number of allylic oxidation sites excluding steroid dienone is 1. The van der Waals surface area contributed by atoms with Gasteiger partial charge in [-0.05, 0) is 17.2 Å². The van der Waals surface area contributed by atoms with Gasteiger partial charge in [0.05, 0.1) is 5.70 Å². The van der Waals surface area contributed by atoms with Gasteiger partial charge in [-0.25, -0.2) is 0 Å². The number of nitrogens with two attached hydrogens (primary N) is 1. The molecule has 0 spiro atoms. The molecule has 1 aromatic carbocycles. The lowest BCUT2D eigenvalue weighted by Gasteiger charge is -2.01. The molecule has 0 unspecified atom stereocenters. The molecule has 0 saturated heterocycles. The third-order valence-corrected chi connectivity index (χ3v) is 1.85. The maximum Gasteiger partial charge on any atom is 0.265 e. The number of rotatable bonds is 2. The summed E-state index contributed by atoms with van der Waals surface area (Å²) in [5.41, 5.74) is 6.09. The number of carbonyl (C=O) groups excluding carboxylic acids is 1. The molecule has 0 aliphatic heterocycles. The van der Waals surface area contributed by atoms with Crippen molar-refractivity contribution in [2.45, 2.75) is 0 Å². The van der Waals surface area contributed by atoms with E-state index in [2.05, 4.69) is 0 Å². The second-order valence-electron chi connectivity index (χ2n) is 2.54. The SMILES string of the molecule is N#C/C(C(=O)Cl)=C(/N)c1ccccc1. The average molecular weight is 207 g/mol. The first kappa shape index (κ1) is 10.3. The van der Waals surface area contributed by atoms with E-state index in [-0.39, 0.29) is 11.3 Å². The lowest BCUT2D eigenvalue weighted by atomic mass is 10.1. The Hall–Kier alpha value is -1.79. The molecule has 0 fully saturated rings. The van der Waals surface area contributed by atoms with Crippen LogP contribution in [0.25, 0.3) is 5.70 Å². The van der Waals surface area contributed by atoms with E-state index in [9.17, 15) is 4.79 Å². The van der Waals surface area contributed by atoms with E-state index in [0.717, 1.165) is 0 Å². The smallest absolute Gasteiger partial charge is 0.265 e. The lowest BCUT2D eigenvalue weighted by Crippen LogP contribution is -2.04. The van der Waals surface area contributed by atoms with E-state index < -0.39 is 5.24 Å². The van der Waals surface area contributed by atoms with Gasteiger partial charge in [0.2, 0.25) is 0 Å². The highest BCUT2D eigenvalue weighted by Gasteiger charge is 2.11. The molecule has 3 nitrogen and oxygen atoms in total. The highest BCUT2D eigenvalue weighted by atomic mass is 35.5. The molecule has 0 aromatic heterocycles. The molecule has 0 heterocycles. The number of hydrogen-bond acceptors (Lipinski definition) is 3. The minimum atomic E-state index is -0.839. The van der Waals surface area contributed by atoms with E-state index in [1.807, 2.05) is 6.07 Å². The van der Waals surface area contributed by atoms with Crippen molar-refractivity contribution in [1.29, 1.82) is 5.26 Å². The first-order valence-corrected chi connectivity index (χ1v) is 4.19. The van der Waals surface area contributed by atoms with Crippen molar-refractivity contribution >= 4 is 22.5 Å². The monoisotopic (exact) mass is 206 g/mol. The second kappa shape index (κ2) is 4.45. The summed E-state index contributed by atoms with van der Waals surface area (Å²) in [7, 11) is 0. The van der Waals surface area contributed by atoms with Crippen LogP contribution in [-0.2, 0) is 4.79 Å². The van der Waals surface area contributed by atoms with Gasteiger partial charge in [-0.1, -0.05) is 30.3 Å². The first-order valence-electron chi connectivity index (χ1n) is 3.82. The normalized spacial score (nSPS) is 11.4. The maximum absolute atomic E-state index is 10.8. The van der Waals surface area contributed by atoms with Crippen molar-refractivity contribution < 1.29 is 4.79 Å². The van der Waals surface area contributed by atoms with Gasteiger partial charge >= 0.3 is 0 Å². The van der Waals surface area contributed by atoms with Crippen LogP contribution in [-0.4, -0.2) is 5.24 Å². The summed E-state index contributed by atoms with van der Waals surface area (Å²) >= 11 is 5.19. The standard InChI is InChI=1S/C10H7ClN2O/c11-10(14)8(6-12)9(13)7-4-2-1-3-5-7/h1-5H,13H2/b9-8-. The summed E-state index contributed by atoms with van der Waals surface area (Å²) in [5.74, 6) is 0. The Balaban J connectivity index is 3.23. The van der Waals surface area contributed by atoms with Crippen molar-refractivity contribution in [3.63, 3.8) is 0 Å². The van der Waals surface area contributed by atoms with E-state index in [4.69, 9.17) is 22.6 Å². The zero-order valence-electron chi connectivity index (χ0n) is 7.20. The van der Waals surface area contributed by atoms with Gasteiger partial charge in [-0.15, -0.1) is 0 Å². The molecule has 0 radical (unpaired) electrons. The summed E-state index contributed by atoms with van der Waals surface area (Å²) in [5, 5.41) is 7.80. The molecule has 0 aliphatic rings. The molecular formula is C10H7ClN2O. The molecule has 4 heteroatoms. The minimum Gasteiger partial charge on any atom is -0.397 e. The molecule has 0 bridgehead atoms. The quantitative estimate of drug-likeness (QED) is 0.455. The highest BCUT2D eigenvalue weighted by molar-refractivity contribution is 6.68. The molecule has 2 N–H and O–H groups in total. The predicted molar refractivity (Wildman–Crippen MR) is 54.0 cm³/mol. The van der Waals surface area contributed by atoms with Crippen LogP contribution in [0.2, 0.25) is 0 Å². The Morgan fingerprint density at radius 1 is 1.36 bits per heavy atom. The topological polar surface area (TPSA) is 66.9 Å². The summed E-state index contributed by atoms with van der Waals surface area (Å²) in [4.78, 5) is 10.8.